The van der Waals surface area contributed by atoms with Gasteiger partial charge in [-0.25, -0.2) is 0 Å². The summed E-state index contributed by atoms with van der Waals surface area (Å²) in [7, 11) is 0. The molecule has 1 saturated carbocycles. The first-order valence-corrected chi connectivity index (χ1v) is 4.79. The second-order valence-corrected chi connectivity index (χ2v) is 3.38. The lowest BCUT2D eigenvalue weighted by Crippen LogP contribution is -2.38. The van der Waals surface area contributed by atoms with Crippen molar-refractivity contribution >= 4 is 5.91 Å². The predicted molar refractivity (Wildman–Crippen MR) is 48.7 cm³/mol. The fourth-order valence-electron chi connectivity index (χ4n) is 1.34. The Labute approximate surface area is 73.9 Å². The molecule has 1 fully saturated rings. The molecule has 3 nitrogen and oxygen atoms in total. The maximum absolute atomic E-state index is 11.3. The van der Waals surface area contributed by atoms with Gasteiger partial charge in [-0.1, -0.05) is 13.3 Å². The minimum absolute atomic E-state index is 0.117. The number of amides is 1. The zero-order valence-corrected chi connectivity index (χ0v) is 7.75. The van der Waals surface area contributed by atoms with Crippen molar-refractivity contribution in [3.63, 3.8) is 0 Å². The first-order valence-electron chi connectivity index (χ1n) is 4.79. The Morgan fingerprint density at radius 2 is 2.25 bits per heavy atom. The highest BCUT2D eigenvalue weighted by Crippen LogP contribution is 2.26. The molecular weight excluding hydrogens is 152 g/mol. The van der Waals surface area contributed by atoms with Crippen LogP contribution in [0.5, 0.6) is 0 Å². The molecule has 70 valence electrons. The van der Waals surface area contributed by atoms with Gasteiger partial charge in [-0.15, -0.1) is 0 Å². The number of carbonyl (C=O) groups excluding carboxylic acids is 1. The molecule has 1 rings (SSSR count). The number of carbonyl (C=O) groups is 1. The van der Waals surface area contributed by atoms with Gasteiger partial charge in [-0.3, -0.25) is 4.79 Å². The van der Waals surface area contributed by atoms with Crippen LogP contribution in [-0.2, 0) is 4.79 Å². The highest BCUT2D eigenvalue weighted by molar-refractivity contribution is 5.78. The molecule has 0 saturated heterocycles. The topological polar surface area (TPSA) is 46.3 Å². The molecule has 0 unspecified atom stereocenters. The summed E-state index contributed by atoms with van der Waals surface area (Å²) in [5.74, 6) is 0.117. The van der Waals surface area contributed by atoms with Crippen LogP contribution in [0.4, 0.5) is 0 Å². The van der Waals surface area contributed by atoms with Gasteiger partial charge in [0.1, 0.15) is 0 Å². The summed E-state index contributed by atoms with van der Waals surface area (Å²) < 4.78 is 0. The fraction of sp³-hybridized carbons (Fsp3) is 0.889. The van der Waals surface area contributed by atoms with E-state index in [0.717, 1.165) is 19.4 Å². The lowest BCUT2D eigenvalue weighted by atomic mass is 10.3. The third-order valence-electron chi connectivity index (χ3n) is 2.24. The molecular formula is C9H18N2O. The Bertz CT molecular complexity index is 155. The van der Waals surface area contributed by atoms with Gasteiger partial charge in [0.2, 0.25) is 5.91 Å². The SMILES string of the molecule is CCCCN(C(=O)CN)C1CC1. The third-order valence-corrected chi connectivity index (χ3v) is 2.24. The minimum atomic E-state index is 0.117. The van der Waals surface area contributed by atoms with Gasteiger partial charge in [0, 0.05) is 12.6 Å². The molecule has 1 aliphatic carbocycles. The summed E-state index contributed by atoms with van der Waals surface area (Å²) in [6.45, 7) is 3.20. The van der Waals surface area contributed by atoms with Gasteiger partial charge < -0.3 is 10.6 Å². The Balaban J connectivity index is 2.32. The maximum Gasteiger partial charge on any atom is 0.236 e. The summed E-state index contributed by atoms with van der Waals surface area (Å²) in [4.78, 5) is 13.2. The van der Waals surface area contributed by atoms with Crippen molar-refractivity contribution in [3.05, 3.63) is 0 Å². The summed E-state index contributed by atoms with van der Waals surface area (Å²) in [5.41, 5.74) is 5.32. The van der Waals surface area contributed by atoms with Crippen molar-refractivity contribution in [2.45, 2.75) is 38.6 Å². The molecule has 0 radical (unpaired) electrons. The zero-order chi connectivity index (χ0) is 8.97. The summed E-state index contributed by atoms with van der Waals surface area (Å²) in [6.07, 6.45) is 4.59. The van der Waals surface area contributed by atoms with Crippen LogP contribution in [0.3, 0.4) is 0 Å². The molecule has 1 aliphatic rings. The molecule has 0 aromatic carbocycles. The van der Waals surface area contributed by atoms with Crippen LogP contribution in [0.15, 0.2) is 0 Å². The lowest BCUT2D eigenvalue weighted by Gasteiger charge is -2.21. The van der Waals surface area contributed by atoms with E-state index in [1.54, 1.807) is 0 Å². The Hall–Kier alpha value is -0.570. The van der Waals surface area contributed by atoms with Crippen molar-refractivity contribution in [3.8, 4) is 0 Å². The molecule has 12 heavy (non-hydrogen) atoms. The van der Waals surface area contributed by atoms with E-state index in [1.165, 1.54) is 12.8 Å². The molecule has 2 N–H and O–H groups in total. The van der Waals surface area contributed by atoms with Gasteiger partial charge in [0.25, 0.3) is 0 Å². The van der Waals surface area contributed by atoms with Crippen molar-refractivity contribution in [2.75, 3.05) is 13.1 Å². The number of unbranched alkanes of at least 4 members (excludes halogenated alkanes) is 1. The average Bonchev–Trinajstić information content (AvgIpc) is 2.88. The smallest absolute Gasteiger partial charge is 0.236 e. The predicted octanol–water partition coefficient (Wildman–Crippen LogP) is 0.736. The molecule has 0 spiro atoms. The molecule has 0 bridgehead atoms. The monoisotopic (exact) mass is 170 g/mol. The highest BCUT2D eigenvalue weighted by Gasteiger charge is 2.30. The van der Waals surface area contributed by atoms with E-state index in [0.29, 0.717) is 6.04 Å². The van der Waals surface area contributed by atoms with E-state index in [-0.39, 0.29) is 12.5 Å². The number of nitrogens with two attached hydrogens (primary N) is 1. The Morgan fingerprint density at radius 1 is 1.58 bits per heavy atom. The standard InChI is InChI=1S/C9H18N2O/c1-2-3-6-11(8-4-5-8)9(12)7-10/h8H,2-7,10H2,1H3. The van der Waals surface area contributed by atoms with Crippen LogP contribution < -0.4 is 5.73 Å². The van der Waals surface area contributed by atoms with Crippen LogP contribution in [0.2, 0.25) is 0 Å². The average molecular weight is 170 g/mol. The van der Waals surface area contributed by atoms with Gasteiger partial charge in [-0.05, 0) is 19.3 Å². The summed E-state index contributed by atoms with van der Waals surface area (Å²) in [5, 5.41) is 0. The summed E-state index contributed by atoms with van der Waals surface area (Å²) >= 11 is 0. The van der Waals surface area contributed by atoms with Crippen LogP contribution in [0.25, 0.3) is 0 Å². The van der Waals surface area contributed by atoms with Crippen molar-refractivity contribution in [2.24, 2.45) is 5.73 Å². The largest absolute Gasteiger partial charge is 0.339 e. The van der Waals surface area contributed by atoms with Crippen LogP contribution in [0.1, 0.15) is 32.6 Å². The number of hydrogen-bond donors (Lipinski definition) is 1. The van der Waals surface area contributed by atoms with Crippen LogP contribution >= 0.6 is 0 Å². The van der Waals surface area contributed by atoms with Crippen LogP contribution in [-0.4, -0.2) is 29.9 Å². The van der Waals surface area contributed by atoms with Crippen molar-refractivity contribution < 1.29 is 4.79 Å². The van der Waals surface area contributed by atoms with E-state index < -0.39 is 0 Å². The second-order valence-electron chi connectivity index (χ2n) is 3.38. The van der Waals surface area contributed by atoms with Crippen LogP contribution in [0, 0.1) is 0 Å². The van der Waals surface area contributed by atoms with Crippen molar-refractivity contribution in [1.82, 2.24) is 4.90 Å². The molecule has 0 aliphatic heterocycles. The van der Waals surface area contributed by atoms with E-state index in [4.69, 9.17) is 5.73 Å². The zero-order valence-electron chi connectivity index (χ0n) is 7.75. The Kier molecular flexibility index (Phi) is 3.53. The van der Waals surface area contributed by atoms with Gasteiger partial charge in [0.15, 0.2) is 0 Å². The van der Waals surface area contributed by atoms with Crippen molar-refractivity contribution in [1.29, 1.82) is 0 Å². The maximum atomic E-state index is 11.3. The normalized spacial score (nSPS) is 16.2. The molecule has 1 amide bonds. The first kappa shape index (κ1) is 9.52. The number of rotatable bonds is 5. The Morgan fingerprint density at radius 3 is 2.67 bits per heavy atom. The number of hydrogen-bond acceptors (Lipinski definition) is 2. The quantitative estimate of drug-likeness (QED) is 0.661. The van der Waals surface area contributed by atoms with E-state index in [9.17, 15) is 4.79 Å². The van der Waals surface area contributed by atoms with Gasteiger partial charge in [0.05, 0.1) is 6.54 Å². The van der Waals surface area contributed by atoms with E-state index in [2.05, 4.69) is 6.92 Å². The molecule has 0 aromatic rings. The second kappa shape index (κ2) is 4.45. The minimum Gasteiger partial charge on any atom is -0.339 e. The molecule has 0 aromatic heterocycles. The lowest BCUT2D eigenvalue weighted by molar-refractivity contribution is -0.130. The number of nitrogens with zero attached hydrogens (tertiary/aromatic N) is 1. The third kappa shape index (κ3) is 2.48. The first-order chi connectivity index (χ1) is 5.79. The molecule has 3 heteroatoms. The molecule has 0 heterocycles. The molecule has 0 atom stereocenters. The van der Waals surface area contributed by atoms with Gasteiger partial charge in [-0.2, -0.15) is 0 Å². The van der Waals surface area contributed by atoms with Gasteiger partial charge >= 0.3 is 0 Å². The van der Waals surface area contributed by atoms with E-state index >= 15 is 0 Å². The fourth-order valence-corrected chi connectivity index (χ4v) is 1.34. The van der Waals surface area contributed by atoms with E-state index in [1.807, 2.05) is 4.90 Å². The summed E-state index contributed by atoms with van der Waals surface area (Å²) in [6, 6.07) is 0.521. The highest BCUT2D eigenvalue weighted by atomic mass is 16.2.